The van der Waals surface area contributed by atoms with Gasteiger partial charge in [0, 0.05) is 0 Å². The van der Waals surface area contributed by atoms with Crippen LogP contribution in [0.25, 0.3) is 0 Å². The molecule has 0 saturated carbocycles. The topological polar surface area (TPSA) is 29.4 Å². The van der Waals surface area contributed by atoms with Crippen molar-refractivity contribution in [2.75, 3.05) is 0 Å². The minimum Gasteiger partial charge on any atom is -1.00 e. The largest absolute Gasteiger partial charge is 1.00 e. The summed E-state index contributed by atoms with van der Waals surface area (Å²) in [6.07, 6.45) is 4.08. The summed E-state index contributed by atoms with van der Waals surface area (Å²) < 4.78 is 5.08. The van der Waals surface area contributed by atoms with Crippen LogP contribution in [-0.2, 0) is 25.2 Å². The molecule has 0 radical (unpaired) electrons. The van der Waals surface area contributed by atoms with E-state index in [1.807, 2.05) is 13.1 Å². The monoisotopic (exact) mass is 312 g/mol. The molecule has 1 amide bonds. The van der Waals surface area contributed by atoms with Crippen LogP contribution in [0.3, 0.4) is 0 Å². The molecule has 6 heteroatoms. The number of hydrogen-bond acceptors (Lipinski definition) is 1. The first-order valence-electron chi connectivity index (χ1n) is 4.52. The van der Waals surface area contributed by atoms with E-state index in [0.29, 0.717) is 6.41 Å². The van der Waals surface area contributed by atoms with E-state index in [4.69, 9.17) is 0 Å². The van der Waals surface area contributed by atoms with Gasteiger partial charge in [0.05, 0.1) is 0 Å². The number of halogens is 2. The third-order valence-corrected chi connectivity index (χ3v) is 3.49. The van der Waals surface area contributed by atoms with Gasteiger partial charge < -0.3 is 24.8 Å². The van der Waals surface area contributed by atoms with Gasteiger partial charge in [-0.15, -0.1) is 0 Å². The number of hydrogen-bond donors (Lipinski definition) is 0. The van der Waals surface area contributed by atoms with E-state index in [0.717, 1.165) is 0 Å². The number of rotatable bonds is 1. The Bertz CT molecular complexity index is 304. The van der Waals surface area contributed by atoms with E-state index >= 15 is 0 Å². The molecule has 0 bridgehead atoms. The van der Waals surface area contributed by atoms with Gasteiger partial charge in [0.2, 0.25) is 6.41 Å². The maximum atomic E-state index is 9.47. The summed E-state index contributed by atoms with van der Waals surface area (Å²) in [4.78, 5) is 9.47. The van der Waals surface area contributed by atoms with Gasteiger partial charge in [0.25, 0.3) is 0 Å². The van der Waals surface area contributed by atoms with E-state index in [-0.39, 0.29) is 24.8 Å². The second-order valence-electron chi connectivity index (χ2n) is 3.38. The van der Waals surface area contributed by atoms with Gasteiger partial charge >= 0.3 is 61.8 Å². The van der Waals surface area contributed by atoms with E-state index in [9.17, 15) is 4.79 Å². The molecule has 0 aromatic heterocycles. The molecule has 0 unspecified atom stereocenters. The molecule has 1 aliphatic carbocycles. The Morgan fingerprint density at radius 3 is 1.94 bits per heavy atom. The van der Waals surface area contributed by atoms with Crippen molar-refractivity contribution < 1.29 is 50.0 Å². The zero-order chi connectivity index (χ0) is 11.1. The molecule has 89 valence electrons. The normalized spacial score (nSPS) is 12.5. The van der Waals surface area contributed by atoms with Crippen molar-refractivity contribution in [3.05, 3.63) is 21.1 Å². The molecule has 0 atom stereocenters. The Kier molecular flexibility index (Phi) is 16.2. The van der Waals surface area contributed by atoms with Crippen molar-refractivity contribution in [3.8, 4) is 0 Å². The van der Waals surface area contributed by atoms with Gasteiger partial charge in [0.1, 0.15) is 8.59 Å². The Morgan fingerprint density at radius 2 is 1.88 bits per heavy atom. The molecule has 16 heavy (non-hydrogen) atoms. The van der Waals surface area contributed by atoms with E-state index in [1.54, 1.807) is 0 Å². The molecule has 0 N–H and O–H groups in total. The van der Waals surface area contributed by atoms with Crippen LogP contribution in [-0.4, -0.2) is 15.0 Å². The Hall–Kier alpha value is 0.461. The predicted molar refractivity (Wildman–Crippen MR) is 57.0 cm³/mol. The molecule has 0 aromatic carbocycles. The molecule has 2 nitrogen and oxygen atoms in total. The van der Waals surface area contributed by atoms with Gasteiger partial charge in [-0.25, -0.2) is 0 Å². The second kappa shape index (κ2) is 11.9. The van der Waals surface area contributed by atoms with Gasteiger partial charge in [0.15, 0.2) is 0 Å². The molecule has 0 saturated heterocycles. The van der Waals surface area contributed by atoms with E-state index < -0.39 is 8.59 Å². The molecule has 0 aromatic rings. The average Bonchev–Trinajstić information content (AvgIpc) is 2.37. The average molecular weight is 313 g/mol. The van der Waals surface area contributed by atoms with Gasteiger partial charge in [-0.05, 0) is 13.1 Å². The number of nitrogens with zero attached hydrogens (tertiary/aromatic N) is 1. The van der Waals surface area contributed by atoms with Crippen LogP contribution in [0.1, 0.15) is 20.3 Å². The first-order valence-corrected chi connectivity index (χ1v) is 7.75. The van der Waals surface area contributed by atoms with Crippen molar-refractivity contribution in [2.45, 2.75) is 33.4 Å². The van der Waals surface area contributed by atoms with Crippen LogP contribution in [0, 0.1) is 0 Å². The predicted octanol–water partition coefficient (Wildman–Crippen LogP) is -3.17. The molecular weight excluding hydrogens is 297 g/mol. The van der Waals surface area contributed by atoms with Crippen molar-refractivity contribution >= 4 is 15.0 Å². The molecule has 0 heterocycles. The van der Waals surface area contributed by atoms with Gasteiger partial charge in [-0.1, -0.05) is 0 Å². The summed E-state index contributed by atoms with van der Waals surface area (Å²) in [7, 11) is -0.629. The molecule has 0 fully saturated rings. The van der Waals surface area contributed by atoms with Crippen LogP contribution in [0.5, 0.6) is 0 Å². The van der Waals surface area contributed by atoms with E-state index in [1.165, 1.54) is 21.4 Å². The minimum absolute atomic E-state index is 0. The molecular formula is C10H16Cl2NOSiTi. The molecule has 1 rings (SSSR count). The fraction of sp³-hybridized carbons (Fsp3) is 0.500. The Balaban J connectivity index is -0.000000195. The van der Waals surface area contributed by atoms with Gasteiger partial charge in [-0.2, -0.15) is 0 Å². The second-order valence-corrected chi connectivity index (χ2v) is 6.47. The number of carbonyl (C=O) groups excluding carboxylic acids is 1. The summed E-state index contributed by atoms with van der Waals surface area (Å²) in [5.74, 6) is 0. The fourth-order valence-electron chi connectivity index (χ4n) is 0.905. The van der Waals surface area contributed by atoms with Crippen molar-refractivity contribution in [2.24, 2.45) is 4.63 Å². The van der Waals surface area contributed by atoms with E-state index in [2.05, 4.69) is 45.0 Å². The third kappa shape index (κ3) is 9.67. The third-order valence-electron chi connectivity index (χ3n) is 1.97. The molecule has 1 aliphatic rings. The minimum atomic E-state index is -0.629. The Labute approximate surface area is 124 Å². The fourth-order valence-corrected chi connectivity index (χ4v) is 1.58. The van der Waals surface area contributed by atoms with Crippen LogP contribution < -0.4 is 24.8 Å². The summed E-state index contributed by atoms with van der Waals surface area (Å²) in [5, 5.41) is 0. The first-order chi connectivity index (χ1) is 6.49. The summed E-state index contributed by atoms with van der Waals surface area (Å²) in [5.41, 5.74) is 2.95. The number of allylic oxidation sites excluding steroid dienone is 4. The smallest absolute Gasteiger partial charge is 0.223 e. The standard InChI is InChI=1S/C7H9.C3H7NOSi.2ClH.Ti/c1-6-4-3-5-7(6)2;1-6(2)4-3-5;;;/h4H,3H2,1-2H3;3H,1-2H3;2*1H;/q;;;;+2/p-2. The summed E-state index contributed by atoms with van der Waals surface area (Å²) >= 11 is 2.20. The molecule has 0 spiro atoms. The van der Waals surface area contributed by atoms with Crippen molar-refractivity contribution in [1.29, 1.82) is 0 Å². The summed E-state index contributed by atoms with van der Waals surface area (Å²) in [6.45, 7) is 8.28. The first kappa shape index (κ1) is 21.7. The van der Waals surface area contributed by atoms with Crippen molar-refractivity contribution in [3.63, 3.8) is 0 Å². The van der Waals surface area contributed by atoms with Crippen LogP contribution >= 0.6 is 0 Å². The van der Waals surface area contributed by atoms with Crippen LogP contribution in [0.15, 0.2) is 25.7 Å². The summed E-state index contributed by atoms with van der Waals surface area (Å²) in [6, 6.07) is 0. The SMILES string of the molecule is CC1=CC[C]([Ti+2])=C1C.C[Si](C)=NC=O.[Cl-].[Cl-]. The van der Waals surface area contributed by atoms with Gasteiger partial charge in [-0.3, -0.25) is 9.43 Å². The zero-order valence-corrected chi connectivity index (χ0v) is 14.0. The number of carbonyl (C=O) groups is 1. The molecule has 0 aliphatic heterocycles. The van der Waals surface area contributed by atoms with Crippen LogP contribution in [0.4, 0.5) is 0 Å². The maximum absolute atomic E-state index is 9.47. The van der Waals surface area contributed by atoms with Crippen molar-refractivity contribution in [1.82, 2.24) is 0 Å². The van der Waals surface area contributed by atoms with Crippen LogP contribution in [0.2, 0.25) is 13.1 Å². The Morgan fingerprint density at radius 1 is 1.38 bits per heavy atom. The maximum Gasteiger partial charge on any atom is 0.223 e. The zero-order valence-electron chi connectivity index (χ0n) is 9.97. The number of amides is 1. The quantitative estimate of drug-likeness (QED) is 0.371.